The van der Waals surface area contributed by atoms with E-state index < -0.39 is 18.3 Å². The molecule has 3 unspecified atom stereocenters. The Hall–Kier alpha value is -0.990. The molecule has 0 amide bonds. The number of ether oxygens (including phenoxy) is 2. The Labute approximate surface area is 269 Å². The first-order valence-corrected chi connectivity index (χ1v) is 18.6. The van der Waals surface area contributed by atoms with Crippen molar-refractivity contribution in [2.24, 2.45) is 0 Å². The second kappa shape index (κ2) is 24.2. The van der Waals surface area contributed by atoms with Gasteiger partial charge in [-0.05, 0) is 57.9 Å². The second-order valence-electron chi connectivity index (χ2n) is 13.8. The molecule has 2 heterocycles. The van der Waals surface area contributed by atoms with Crippen molar-refractivity contribution in [1.82, 2.24) is 0 Å². The summed E-state index contributed by atoms with van der Waals surface area (Å²) in [6.45, 7) is 4.08. The van der Waals surface area contributed by atoms with Crippen LogP contribution in [0.4, 0.5) is 0 Å². The summed E-state index contributed by atoms with van der Waals surface area (Å²) in [5.41, 5.74) is 0.576. The molecule has 1 saturated heterocycles. The molecule has 0 radical (unpaired) electrons. The first kappa shape index (κ1) is 39.2. The number of unbranched alkanes of at least 4 members (excludes halogenated alkanes) is 14. The number of hydrogen-bond acceptors (Lipinski definition) is 7. The molecule has 0 aromatic carbocycles. The first-order valence-electron chi connectivity index (χ1n) is 18.6. The van der Waals surface area contributed by atoms with Crippen molar-refractivity contribution in [3.8, 4) is 0 Å². The lowest BCUT2D eigenvalue weighted by molar-refractivity contribution is -0.139. The first-order chi connectivity index (χ1) is 21.3. The van der Waals surface area contributed by atoms with E-state index in [2.05, 4.69) is 6.92 Å². The zero-order chi connectivity index (χ0) is 32.0. The SMILES string of the molecule is CCCCCCCCCCCCCC[C@@H](O)[C@@H]1CC[C@@H]([C@@H](O)CCCCC(O)CCCCCC(O)CC2=CC(C)OC2=O)O1. The van der Waals surface area contributed by atoms with Gasteiger partial charge in [0.15, 0.2) is 0 Å². The largest absolute Gasteiger partial charge is 0.455 e. The normalized spacial score (nSPS) is 23.0. The molecular formula is C37H68O7. The van der Waals surface area contributed by atoms with Crippen LogP contribution in [0.1, 0.15) is 174 Å². The minimum absolute atomic E-state index is 0.148. The predicted octanol–water partition coefficient (Wildman–Crippen LogP) is 7.84. The van der Waals surface area contributed by atoms with Crippen LogP contribution in [0.3, 0.4) is 0 Å². The molecule has 7 nitrogen and oxygen atoms in total. The highest BCUT2D eigenvalue weighted by atomic mass is 16.5. The van der Waals surface area contributed by atoms with E-state index in [1.54, 1.807) is 6.08 Å². The Morgan fingerprint density at radius 2 is 1.05 bits per heavy atom. The van der Waals surface area contributed by atoms with Gasteiger partial charge in [0.25, 0.3) is 0 Å². The maximum atomic E-state index is 11.7. The van der Waals surface area contributed by atoms with E-state index in [1.165, 1.54) is 70.6 Å². The summed E-state index contributed by atoms with van der Waals surface area (Å²) in [4.78, 5) is 11.7. The molecule has 0 aromatic rings. The van der Waals surface area contributed by atoms with E-state index >= 15 is 0 Å². The van der Waals surface area contributed by atoms with Crippen LogP contribution in [0.25, 0.3) is 0 Å². The zero-order valence-electron chi connectivity index (χ0n) is 28.3. The van der Waals surface area contributed by atoms with Gasteiger partial charge in [0.05, 0.1) is 36.6 Å². The van der Waals surface area contributed by atoms with E-state index in [0.29, 0.717) is 24.8 Å². The van der Waals surface area contributed by atoms with E-state index in [1.807, 2.05) is 6.92 Å². The summed E-state index contributed by atoms with van der Waals surface area (Å²) < 4.78 is 11.1. The molecule has 0 spiro atoms. The number of carbonyl (C=O) groups excluding carboxylic acids is 1. The number of hydrogen-bond donors (Lipinski definition) is 4. The molecule has 0 bridgehead atoms. The molecule has 0 aliphatic carbocycles. The number of rotatable bonds is 28. The highest BCUT2D eigenvalue weighted by Gasteiger charge is 2.34. The Bertz CT molecular complexity index is 756. The topological polar surface area (TPSA) is 116 Å². The average Bonchev–Trinajstić information content (AvgIpc) is 3.61. The Morgan fingerprint density at radius 3 is 1.55 bits per heavy atom. The minimum atomic E-state index is -0.531. The van der Waals surface area contributed by atoms with Gasteiger partial charge in [0.2, 0.25) is 0 Å². The van der Waals surface area contributed by atoms with Crippen LogP contribution in [-0.2, 0) is 14.3 Å². The molecule has 7 atom stereocenters. The van der Waals surface area contributed by atoms with Gasteiger partial charge in [-0.3, -0.25) is 0 Å². The fourth-order valence-electron chi connectivity index (χ4n) is 6.77. The highest BCUT2D eigenvalue weighted by Crippen LogP contribution is 2.28. The second-order valence-corrected chi connectivity index (χ2v) is 13.8. The quantitative estimate of drug-likeness (QED) is 0.0518. The number of cyclic esters (lactones) is 1. The van der Waals surface area contributed by atoms with Crippen LogP contribution in [0.2, 0.25) is 0 Å². The molecule has 1 fully saturated rings. The van der Waals surface area contributed by atoms with E-state index in [0.717, 1.165) is 70.6 Å². The monoisotopic (exact) mass is 624 g/mol. The number of carbonyl (C=O) groups is 1. The molecule has 2 aliphatic heterocycles. The van der Waals surface area contributed by atoms with Crippen molar-refractivity contribution in [3.05, 3.63) is 11.6 Å². The maximum absolute atomic E-state index is 11.7. The van der Waals surface area contributed by atoms with Gasteiger partial charge in [0.1, 0.15) is 6.10 Å². The molecule has 4 N–H and O–H groups in total. The number of aliphatic hydroxyl groups is 4. The van der Waals surface area contributed by atoms with Crippen molar-refractivity contribution in [1.29, 1.82) is 0 Å². The zero-order valence-corrected chi connectivity index (χ0v) is 28.3. The van der Waals surface area contributed by atoms with Crippen LogP contribution < -0.4 is 0 Å². The fraction of sp³-hybridized carbons (Fsp3) is 0.919. The maximum Gasteiger partial charge on any atom is 0.334 e. The van der Waals surface area contributed by atoms with Gasteiger partial charge in [-0.15, -0.1) is 0 Å². The molecule has 258 valence electrons. The highest BCUT2D eigenvalue weighted by molar-refractivity contribution is 5.90. The van der Waals surface area contributed by atoms with E-state index in [9.17, 15) is 25.2 Å². The lowest BCUT2D eigenvalue weighted by atomic mass is 9.99. The Kier molecular flexibility index (Phi) is 21.6. The summed E-state index contributed by atoms with van der Waals surface area (Å²) in [5, 5.41) is 41.8. The summed E-state index contributed by atoms with van der Waals surface area (Å²) in [6, 6.07) is 0. The standard InChI is InChI=1S/C37H68O7/c1-3-4-5-6-7-8-9-10-11-12-13-17-23-33(40)35-25-26-36(44-35)34(41)24-19-18-21-31(38)20-15-14-16-22-32(39)28-30-27-29(2)43-37(30)42/h27,29,31-36,38-41H,3-26,28H2,1-2H3/t29?,31?,32?,33-,34+,35+,36+/m1/s1. The van der Waals surface area contributed by atoms with E-state index in [-0.39, 0.29) is 30.4 Å². The van der Waals surface area contributed by atoms with E-state index in [4.69, 9.17) is 9.47 Å². The third-order valence-corrected chi connectivity index (χ3v) is 9.61. The van der Waals surface area contributed by atoms with Gasteiger partial charge in [-0.25, -0.2) is 4.79 Å². The third-order valence-electron chi connectivity index (χ3n) is 9.61. The van der Waals surface area contributed by atoms with Gasteiger partial charge >= 0.3 is 5.97 Å². The van der Waals surface area contributed by atoms with Crippen LogP contribution in [0.5, 0.6) is 0 Å². The molecule has 2 rings (SSSR count). The van der Waals surface area contributed by atoms with Crippen molar-refractivity contribution in [2.45, 2.75) is 217 Å². The van der Waals surface area contributed by atoms with Crippen LogP contribution >= 0.6 is 0 Å². The van der Waals surface area contributed by atoms with Gasteiger partial charge in [0, 0.05) is 12.0 Å². The van der Waals surface area contributed by atoms with Gasteiger partial charge in [-0.1, -0.05) is 116 Å². The average molecular weight is 625 g/mol. The van der Waals surface area contributed by atoms with Crippen LogP contribution in [-0.4, -0.2) is 69.1 Å². The van der Waals surface area contributed by atoms with Crippen LogP contribution in [0, 0.1) is 0 Å². The lowest BCUT2D eigenvalue weighted by Gasteiger charge is -2.22. The molecular weight excluding hydrogens is 556 g/mol. The third kappa shape index (κ3) is 17.6. The smallest absolute Gasteiger partial charge is 0.334 e. The Balaban J connectivity index is 1.40. The van der Waals surface area contributed by atoms with Crippen molar-refractivity contribution in [2.75, 3.05) is 0 Å². The molecule has 0 aromatic heterocycles. The summed E-state index contributed by atoms with van der Waals surface area (Å²) in [5.74, 6) is -0.314. The predicted molar refractivity (Wildman–Crippen MR) is 177 cm³/mol. The summed E-state index contributed by atoms with van der Waals surface area (Å²) in [6.07, 6.45) is 25.2. The van der Waals surface area contributed by atoms with Gasteiger partial charge < -0.3 is 29.9 Å². The number of aliphatic hydroxyl groups excluding tert-OH is 4. The Morgan fingerprint density at radius 1 is 0.636 bits per heavy atom. The summed E-state index contributed by atoms with van der Waals surface area (Å²) >= 11 is 0. The van der Waals surface area contributed by atoms with Crippen molar-refractivity contribution < 1.29 is 34.7 Å². The van der Waals surface area contributed by atoms with Crippen molar-refractivity contribution in [3.63, 3.8) is 0 Å². The molecule has 44 heavy (non-hydrogen) atoms. The molecule has 7 heteroatoms. The lowest BCUT2D eigenvalue weighted by Crippen LogP contribution is -2.31. The number of esters is 1. The summed E-state index contributed by atoms with van der Waals surface area (Å²) in [7, 11) is 0. The minimum Gasteiger partial charge on any atom is -0.455 e. The van der Waals surface area contributed by atoms with Crippen LogP contribution in [0.15, 0.2) is 11.6 Å². The van der Waals surface area contributed by atoms with Crippen molar-refractivity contribution >= 4 is 5.97 Å². The molecule has 2 aliphatic rings. The fourth-order valence-corrected chi connectivity index (χ4v) is 6.77. The van der Waals surface area contributed by atoms with Gasteiger partial charge in [-0.2, -0.15) is 0 Å². The molecule has 0 saturated carbocycles.